The van der Waals surface area contributed by atoms with Gasteiger partial charge in [0.25, 0.3) is 5.91 Å². The number of hydrogen-bond acceptors (Lipinski definition) is 4. The van der Waals surface area contributed by atoms with Crippen molar-refractivity contribution in [2.75, 3.05) is 18.9 Å². The van der Waals surface area contributed by atoms with Crippen LogP contribution in [0.4, 0.5) is 5.69 Å². The van der Waals surface area contributed by atoms with E-state index in [1.165, 1.54) is 0 Å². The molecule has 0 radical (unpaired) electrons. The lowest BCUT2D eigenvalue weighted by atomic mass is 10.1. The van der Waals surface area contributed by atoms with Crippen molar-refractivity contribution in [3.63, 3.8) is 0 Å². The molecule has 2 rings (SSSR count). The van der Waals surface area contributed by atoms with Crippen LogP contribution in [0.5, 0.6) is 5.75 Å². The zero-order valence-corrected chi connectivity index (χ0v) is 12.0. The molecule has 3 N–H and O–H groups in total. The van der Waals surface area contributed by atoms with Gasteiger partial charge in [-0.3, -0.25) is 9.78 Å². The lowest BCUT2D eigenvalue weighted by molar-refractivity contribution is 0.0951. The van der Waals surface area contributed by atoms with Gasteiger partial charge < -0.3 is 15.8 Å². The number of carbonyl (C=O) groups is 1. The van der Waals surface area contributed by atoms with Crippen molar-refractivity contribution in [3.8, 4) is 5.75 Å². The molecule has 1 aromatic heterocycles. The van der Waals surface area contributed by atoms with Crippen molar-refractivity contribution in [1.29, 1.82) is 0 Å². The highest BCUT2D eigenvalue weighted by Gasteiger charge is 2.15. The summed E-state index contributed by atoms with van der Waals surface area (Å²) in [6.45, 7) is 2.85. The summed E-state index contributed by atoms with van der Waals surface area (Å²) in [5.74, 6) is 0.278. The molecule has 5 nitrogen and oxygen atoms in total. The number of anilines is 1. The quantitative estimate of drug-likeness (QED) is 0.796. The van der Waals surface area contributed by atoms with E-state index in [4.69, 9.17) is 10.5 Å². The molecule has 1 amide bonds. The Morgan fingerprint density at radius 2 is 2.14 bits per heavy atom. The van der Waals surface area contributed by atoms with E-state index in [0.29, 0.717) is 36.6 Å². The number of hydrogen-bond donors (Lipinski definition) is 2. The summed E-state index contributed by atoms with van der Waals surface area (Å²) in [7, 11) is 0. The molecule has 0 saturated heterocycles. The molecule has 0 atom stereocenters. The second-order valence-corrected chi connectivity index (χ2v) is 4.48. The Morgan fingerprint density at radius 1 is 1.29 bits per heavy atom. The number of ether oxygens (including phenoxy) is 1. The Hall–Kier alpha value is -2.56. The molecule has 5 heteroatoms. The van der Waals surface area contributed by atoms with Crippen molar-refractivity contribution in [2.45, 2.75) is 13.3 Å². The summed E-state index contributed by atoms with van der Waals surface area (Å²) in [4.78, 5) is 16.5. The molecule has 0 saturated carbocycles. The minimum Gasteiger partial charge on any atom is -0.493 e. The van der Waals surface area contributed by atoms with Crippen LogP contribution in [0.15, 0.2) is 42.6 Å². The summed E-state index contributed by atoms with van der Waals surface area (Å²) in [5, 5.41) is 2.85. The number of amides is 1. The Kier molecular flexibility index (Phi) is 5.15. The smallest absolute Gasteiger partial charge is 0.257 e. The molecule has 0 unspecified atom stereocenters. The van der Waals surface area contributed by atoms with Gasteiger partial charge in [0.2, 0.25) is 0 Å². The molecule has 2 aromatic rings. The van der Waals surface area contributed by atoms with Crippen molar-refractivity contribution >= 4 is 11.6 Å². The predicted molar refractivity (Wildman–Crippen MR) is 82.3 cm³/mol. The monoisotopic (exact) mass is 285 g/mol. The molecule has 0 aliphatic rings. The van der Waals surface area contributed by atoms with Crippen LogP contribution >= 0.6 is 0 Å². The third-order valence-corrected chi connectivity index (χ3v) is 2.98. The van der Waals surface area contributed by atoms with E-state index in [0.717, 1.165) is 5.69 Å². The third kappa shape index (κ3) is 3.95. The molecule has 110 valence electrons. The van der Waals surface area contributed by atoms with E-state index in [9.17, 15) is 4.79 Å². The fraction of sp³-hybridized carbons (Fsp3) is 0.250. The van der Waals surface area contributed by atoms with E-state index in [1.807, 2.05) is 25.1 Å². The maximum atomic E-state index is 12.3. The van der Waals surface area contributed by atoms with E-state index in [2.05, 4.69) is 10.3 Å². The predicted octanol–water partition coefficient (Wildman–Crippen LogP) is 2.04. The highest BCUT2D eigenvalue weighted by Crippen LogP contribution is 2.24. The summed E-state index contributed by atoms with van der Waals surface area (Å²) >= 11 is 0. The van der Waals surface area contributed by atoms with Crippen LogP contribution in [0.1, 0.15) is 23.0 Å². The summed E-state index contributed by atoms with van der Waals surface area (Å²) < 4.78 is 5.45. The van der Waals surface area contributed by atoms with Crippen molar-refractivity contribution in [3.05, 3.63) is 53.9 Å². The lowest BCUT2D eigenvalue weighted by Crippen LogP contribution is -2.27. The number of benzene rings is 1. The number of aromatic nitrogens is 1. The second kappa shape index (κ2) is 7.28. The average Bonchev–Trinajstić information content (AvgIpc) is 2.48. The number of nitrogens with zero attached hydrogens (tertiary/aromatic N) is 1. The van der Waals surface area contributed by atoms with Crippen LogP contribution < -0.4 is 15.8 Å². The van der Waals surface area contributed by atoms with Crippen molar-refractivity contribution < 1.29 is 9.53 Å². The molecule has 0 fully saturated rings. The molecule has 0 spiro atoms. The Bertz CT molecular complexity index is 600. The topological polar surface area (TPSA) is 77.2 Å². The number of pyridine rings is 1. The molecule has 1 heterocycles. The Balaban J connectivity index is 2.00. The van der Waals surface area contributed by atoms with Gasteiger partial charge in [0.15, 0.2) is 0 Å². The van der Waals surface area contributed by atoms with Crippen LogP contribution in [0.3, 0.4) is 0 Å². The highest BCUT2D eigenvalue weighted by molar-refractivity contribution is 6.01. The van der Waals surface area contributed by atoms with E-state index in [-0.39, 0.29) is 5.91 Å². The summed E-state index contributed by atoms with van der Waals surface area (Å²) in [6, 6.07) is 10.9. The highest BCUT2D eigenvalue weighted by atomic mass is 16.5. The first-order chi connectivity index (χ1) is 10.2. The average molecular weight is 285 g/mol. The van der Waals surface area contributed by atoms with Gasteiger partial charge in [-0.25, -0.2) is 0 Å². The van der Waals surface area contributed by atoms with Gasteiger partial charge in [0, 0.05) is 30.5 Å². The summed E-state index contributed by atoms with van der Waals surface area (Å²) in [5.41, 5.74) is 7.62. The fourth-order valence-corrected chi connectivity index (χ4v) is 2.01. The first-order valence-electron chi connectivity index (χ1n) is 6.91. The van der Waals surface area contributed by atoms with Crippen LogP contribution in [0.25, 0.3) is 0 Å². The van der Waals surface area contributed by atoms with E-state index >= 15 is 0 Å². The maximum Gasteiger partial charge on any atom is 0.257 e. The minimum absolute atomic E-state index is 0.229. The number of nitrogens with two attached hydrogens (primary N) is 1. The normalized spacial score (nSPS) is 10.1. The first kappa shape index (κ1) is 14.8. The number of nitrogen functional groups attached to an aromatic ring is 1. The second-order valence-electron chi connectivity index (χ2n) is 4.48. The lowest BCUT2D eigenvalue weighted by Gasteiger charge is -2.12. The molecular weight excluding hydrogens is 266 g/mol. The van der Waals surface area contributed by atoms with Gasteiger partial charge in [-0.2, -0.15) is 0 Å². The van der Waals surface area contributed by atoms with Gasteiger partial charge >= 0.3 is 0 Å². The summed E-state index contributed by atoms with van der Waals surface area (Å²) in [6.07, 6.45) is 2.41. The standard InChI is InChI=1S/C16H19N3O2/c1-2-21-14-8-5-7-13(17)15(14)16(20)19-11-9-12-6-3-4-10-18-12/h3-8,10H,2,9,11,17H2,1H3,(H,19,20). The number of carbonyl (C=O) groups excluding carboxylic acids is 1. The largest absolute Gasteiger partial charge is 0.493 e. The van der Waals surface area contributed by atoms with Gasteiger partial charge in [-0.15, -0.1) is 0 Å². The minimum atomic E-state index is -0.229. The molecule has 0 aliphatic carbocycles. The van der Waals surface area contributed by atoms with E-state index in [1.54, 1.807) is 24.4 Å². The SMILES string of the molecule is CCOc1cccc(N)c1C(=O)NCCc1ccccn1. The maximum absolute atomic E-state index is 12.3. The van der Waals surface area contributed by atoms with Crippen LogP contribution in [0, 0.1) is 0 Å². The van der Waals surface area contributed by atoms with Crippen LogP contribution in [-0.4, -0.2) is 24.0 Å². The molecule has 1 aromatic carbocycles. The van der Waals surface area contributed by atoms with Gasteiger partial charge in [-0.1, -0.05) is 12.1 Å². The zero-order valence-electron chi connectivity index (χ0n) is 12.0. The van der Waals surface area contributed by atoms with E-state index < -0.39 is 0 Å². The molecular formula is C16H19N3O2. The first-order valence-corrected chi connectivity index (χ1v) is 6.91. The molecule has 0 bridgehead atoms. The molecule has 0 aliphatic heterocycles. The van der Waals surface area contributed by atoms with Crippen LogP contribution in [-0.2, 0) is 6.42 Å². The Labute approximate surface area is 124 Å². The van der Waals surface area contributed by atoms with Crippen LogP contribution in [0.2, 0.25) is 0 Å². The number of rotatable bonds is 6. The van der Waals surface area contributed by atoms with Gasteiger partial charge in [0.1, 0.15) is 11.3 Å². The Morgan fingerprint density at radius 3 is 2.86 bits per heavy atom. The number of nitrogens with one attached hydrogen (secondary N) is 1. The van der Waals surface area contributed by atoms with Crippen molar-refractivity contribution in [1.82, 2.24) is 10.3 Å². The fourth-order valence-electron chi connectivity index (χ4n) is 2.01. The van der Waals surface area contributed by atoms with Crippen molar-refractivity contribution in [2.24, 2.45) is 0 Å². The third-order valence-electron chi connectivity index (χ3n) is 2.98. The zero-order chi connectivity index (χ0) is 15.1. The molecule has 21 heavy (non-hydrogen) atoms. The van der Waals surface area contributed by atoms with Gasteiger partial charge in [0.05, 0.1) is 6.61 Å². The van der Waals surface area contributed by atoms with Gasteiger partial charge in [-0.05, 0) is 31.2 Å².